The normalized spacial score (nSPS) is 13.4. The van der Waals surface area contributed by atoms with Gasteiger partial charge in [-0.2, -0.15) is 6.07 Å². The van der Waals surface area contributed by atoms with Crippen molar-refractivity contribution in [1.82, 2.24) is 19.1 Å². The van der Waals surface area contributed by atoms with Crippen LogP contribution in [-0.2, 0) is 80.0 Å². The Kier molecular flexibility index (Phi) is 29.3. The summed E-state index contributed by atoms with van der Waals surface area (Å²) in [6, 6.07) is 116. The van der Waals surface area contributed by atoms with Crippen LogP contribution in [0.5, 0.6) is 23.0 Å². The second-order valence-electron chi connectivity index (χ2n) is 45.5. The summed E-state index contributed by atoms with van der Waals surface area (Å²) in [4.78, 5) is 18.7. The molecule has 0 spiro atoms. The Balaban J connectivity index is 0.000000204. The number of rotatable bonds is 22. The molecule has 4 aromatic heterocycles. The molecule has 143 heavy (non-hydrogen) atoms. The molecule has 0 saturated heterocycles. The number of hydrogen-bond acceptors (Lipinski definition) is 8. The van der Waals surface area contributed by atoms with Gasteiger partial charge < -0.3 is 38.2 Å². The van der Waals surface area contributed by atoms with Crippen molar-refractivity contribution in [1.29, 1.82) is 0 Å². The molecule has 0 atom stereocenters. The molecule has 10 nitrogen and oxygen atoms in total. The van der Waals surface area contributed by atoms with Crippen LogP contribution in [0, 0.1) is 37.6 Å². The number of hydrogen-bond donors (Lipinski definition) is 0. The average molecular weight is 2240 g/mol. The smallest absolute Gasteiger partial charge is 0.135 e. The fraction of sp³-hybridized carbons (Fsp3) is 0.282. The van der Waals surface area contributed by atoms with E-state index in [1.54, 1.807) is 0 Å². The molecule has 2 aliphatic heterocycles. The fourth-order valence-electron chi connectivity index (χ4n) is 20.2. The predicted octanol–water partition coefficient (Wildman–Crippen LogP) is 35.0. The number of aromatic nitrogens is 4. The quantitative estimate of drug-likeness (QED) is 0.0622. The first-order valence-electron chi connectivity index (χ1n) is 50.3. The van der Waals surface area contributed by atoms with E-state index >= 15 is 0 Å². The van der Waals surface area contributed by atoms with E-state index in [1.807, 2.05) is 18.5 Å². The summed E-state index contributed by atoms with van der Waals surface area (Å²) in [6.45, 7) is 63.6. The van der Waals surface area contributed by atoms with Crippen LogP contribution < -0.4 is 29.1 Å². The number of nitrogens with zero attached hydrogens (tertiary/aromatic N) is 8. The molecule has 0 radical (unpaired) electrons. The van der Waals surface area contributed by atoms with Gasteiger partial charge >= 0.3 is 0 Å². The molecule has 12 heteroatoms. The minimum Gasteiger partial charge on any atom is -0.509 e. The van der Waals surface area contributed by atoms with Gasteiger partial charge in [0.25, 0.3) is 0 Å². The first kappa shape index (κ1) is 103. The molecule has 19 rings (SSSR count). The summed E-state index contributed by atoms with van der Waals surface area (Å²) in [5.74, 6) is 5.40. The molecule has 0 bridgehead atoms. The van der Waals surface area contributed by atoms with Gasteiger partial charge in [-0.1, -0.05) is 372 Å². The van der Waals surface area contributed by atoms with Crippen LogP contribution in [0.25, 0.3) is 77.5 Å². The van der Waals surface area contributed by atoms with E-state index in [1.165, 1.54) is 94.4 Å². The van der Waals surface area contributed by atoms with Crippen molar-refractivity contribution in [3.05, 3.63) is 432 Å². The van der Waals surface area contributed by atoms with Crippen molar-refractivity contribution in [2.75, 3.05) is 19.6 Å². The largest absolute Gasteiger partial charge is 0.509 e. The zero-order valence-corrected chi connectivity index (χ0v) is 92.6. The third-order valence-electron chi connectivity index (χ3n) is 28.9. The van der Waals surface area contributed by atoms with Crippen molar-refractivity contribution in [3.63, 3.8) is 0 Å². The third kappa shape index (κ3) is 21.0. The van der Waals surface area contributed by atoms with E-state index in [-0.39, 0.29) is 80.0 Å². The molecular formula is C131H136N8O2Pt2-6. The second-order valence-corrected chi connectivity index (χ2v) is 45.5. The van der Waals surface area contributed by atoms with Gasteiger partial charge in [0.2, 0.25) is 0 Å². The Morgan fingerprint density at radius 2 is 0.664 bits per heavy atom. The van der Waals surface area contributed by atoms with Gasteiger partial charge in [0.05, 0.1) is 0 Å². The first-order valence-corrected chi connectivity index (χ1v) is 50.3. The minimum atomic E-state index is -0.261. The van der Waals surface area contributed by atoms with E-state index in [2.05, 4.69) is 544 Å². The summed E-state index contributed by atoms with van der Waals surface area (Å²) < 4.78 is 18.7. The molecule has 0 amide bonds. The summed E-state index contributed by atoms with van der Waals surface area (Å²) in [5.41, 5.74) is 29.3. The van der Waals surface area contributed by atoms with Gasteiger partial charge in [-0.25, -0.2) is 9.97 Å². The molecular weight excluding hydrogens is 2110 g/mol. The van der Waals surface area contributed by atoms with Crippen LogP contribution >= 0.6 is 0 Å². The van der Waals surface area contributed by atoms with Crippen LogP contribution in [0.4, 0.5) is 22.7 Å². The Labute approximate surface area is 879 Å². The summed E-state index contributed by atoms with van der Waals surface area (Å²) in [5, 5.41) is 4.59. The molecule has 17 aromatic rings. The van der Waals surface area contributed by atoms with Crippen LogP contribution in [0.15, 0.2) is 316 Å². The molecule has 2 aliphatic rings. The first-order chi connectivity index (χ1) is 66.9. The SMILES string of the molecule is CC(C)c1cccc(C(C)C)c1-c1cc(Oc2[c-]c3c(c(C(C)(C)C)c2)c2ccccc2n3-c2cc(C(C)(C)C)ccn2)[c-]c(N2C=CN(c3cc(C(C)(C)c4ccccc4)cc(C(C)(C)c4ccccc4)c3)[CH-]2)c1.CC(C)c1cccc(C(C)C)c1-c1cc(Oc2[c-]c3c(cc2)c2cc(C(C)(C)C)ccc2n3-c2cc(C(C)(C)C)ccn2)[c-]c(N2C=CN(c3cccc(C(C)(C)c4ccccc4)c3)[CH-]2)c1.[Pt].[Pt]. The second kappa shape index (κ2) is 40.5. The molecule has 0 fully saturated rings. The molecule has 0 unspecified atom stereocenters. The van der Waals surface area contributed by atoms with E-state index in [0.717, 1.165) is 83.7 Å². The number of benzene rings is 13. The van der Waals surface area contributed by atoms with Crippen LogP contribution in [0.1, 0.15) is 282 Å². The number of pyridine rings is 2. The Bertz CT molecular complexity index is 7470. The van der Waals surface area contributed by atoms with Crippen molar-refractivity contribution in [2.24, 2.45) is 0 Å². The van der Waals surface area contributed by atoms with Gasteiger partial charge in [-0.15, -0.1) is 107 Å². The van der Waals surface area contributed by atoms with Gasteiger partial charge in [-0.3, -0.25) is 0 Å². The zero-order valence-electron chi connectivity index (χ0n) is 88.0. The van der Waals surface area contributed by atoms with Crippen LogP contribution in [-0.4, -0.2) is 19.1 Å². The number of anilines is 4. The molecule has 0 N–H and O–H groups in total. The van der Waals surface area contributed by atoms with Crippen molar-refractivity contribution in [2.45, 2.75) is 242 Å². The maximum atomic E-state index is 7.23. The maximum absolute atomic E-state index is 7.23. The summed E-state index contributed by atoms with van der Waals surface area (Å²) in [6.07, 6.45) is 12.4. The summed E-state index contributed by atoms with van der Waals surface area (Å²) >= 11 is 0. The molecule has 738 valence electrons. The van der Waals surface area contributed by atoms with E-state index in [0.29, 0.717) is 46.7 Å². The zero-order chi connectivity index (χ0) is 99.9. The van der Waals surface area contributed by atoms with Gasteiger partial charge in [0.1, 0.15) is 11.6 Å². The van der Waals surface area contributed by atoms with Gasteiger partial charge in [-0.05, 0) is 225 Å². The molecule has 0 saturated carbocycles. The summed E-state index contributed by atoms with van der Waals surface area (Å²) in [7, 11) is 0. The van der Waals surface area contributed by atoms with Crippen molar-refractivity contribution < 1.29 is 51.6 Å². The molecule has 13 aromatic carbocycles. The number of ether oxygens (including phenoxy) is 2. The van der Waals surface area contributed by atoms with E-state index in [4.69, 9.17) is 19.4 Å². The third-order valence-corrected chi connectivity index (χ3v) is 28.9. The fourth-order valence-corrected chi connectivity index (χ4v) is 20.2. The monoisotopic (exact) mass is 2240 g/mol. The van der Waals surface area contributed by atoms with Gasteiger partial charge in [0, 0.05) is 116 Å². The predicted molar refractivity (Wildman–Crippen MR) is 593 cm³/mol. The molecule has 0 aliphatic carbocycles. The van der Waals surface area contributed by atoms with E-state index in [9.17, 15) is 0 Å². The number of para-hydroxylation sites is 1. The van der Waals surface area contributed by atoms with Crippen LogP contribution in [0.2, 0.25) is 0 Å². The Hall–Kier alpha value is -12.6. The maximum Gasteiger partial charge on any atom is 0.135 e. The minimum absolute atomic E-state index is 0. The Morgan fingerprint density at radius 3 is 1.13 bits per heavy atom. The topological polar surface area (TPSA) is 67.1 Å². The molecule has 6 heterocycles. The number of fused-ring (bicyclic) bond motifs is 6. The average Bonchev–Trinajstić information content (AvgIpc) is 1.57. The van der Waals surface area contributed by atoms with Crippen LogP contribution in [0.3, 0.4) is 0 Å². The van der Waals surface area contributed by atoms with Gasteiger partial charge in [0.15, 0.2) is 0 Å². The van der Waals surface area contributed by atoms with Crippen molar-refractivity contribution in [3.8, 4) is 56.9 Å². The van der Waals surface area contributed by atoms with E-state index < -0.39 is 0 Å². The standard InChI is InChI=1S/C70H73N4O.C61H63N4O.2Pt/c1-46(2)58-29-23-30-59(47(3)4)65(58)48-36-54(72-34-35-73(45-72)55-39-52(69(11,12)49-24-17-15-18-25-49)38-53(40-55)70(13,14)50-26-19-16-20-27-50)42-56(37-48)75-57-43-61(68(8,9)10)66-60-28-21-22-31-62(60)74(63(66)44-57)64-41-51(32-33-71-64)67(5,6)7;1-40(2)51-22-17-23-52(41(3)4)58(51)42-32-48(64-31-30-63(39-64)47-21-16-20-46(34-47)61(11,12)43-18-14-13-15-19-43)37-50(33-42)66-49-25-26-53-54-35-44(59(5,6)7)24-27-55(54)65(56(53)38-49)57-36-45(28-29-62-57)60(8,9)10;;/h15-41,43,45-47H,1-14H3;13-36,39-41H,1-12H3;;/q2*-3;;. The Morgan fingerprint density at radius 1 is 0.280 bits per heavy atom. The van der Waals surface area contributed by atoms with Crippen molar-refractivity contribution >= 4 is 66.4 Å².